The molecule has 7 heteroatoms. The number of rotatable bonds is 5. The second-order valence-electron chi connectivity index (χ2n) is 5.78. The highest BCUT2D eigenvalue weighted by Crippen LogP contribution is 2.22. The molecule has 2 saturated heterocycles. The maximum atomic E-state index is 11.7. The number of esters is 1. The Morgan fingerprint density at radius 3 is 2.95 bits per heavy atom. The predicted molar refractivity (Wildman–Crippen MR) is 74.5 cm³/mol. The van der Waals surface area contributed by atoms with Gasteiger partial charge in [-0.15, -0.1) is 0 Å². The average molecular weight is 294 g/mol. The van der Waals surface area contributed by atoms with Crippen LogP contribution < -0.4 is 0 Å². The Labute approximate surface area is 124 Å². The van der Waals surface area contributed by atoms with Crippen molar-refractivity contribution in [2.24, 2.45) is 0 Å². The molecule has 21 heavy (non-hydrogen) atoms. The zero-order valence-electron chi connectivity index (χ0n) is 12.6. The number of aryl methyl sites for hydroxylation is 1. The molecule has 0 spiro atoms. The molecule has 0 aromatic carbocycles. The first-order valence-corrected chi connectivity index (χ1v) is 7.59. The van der Waals surface area contributed by atoms with Crippen LogP contribution in [0.25, 0.3) is 0 Å². The molecule has 2 aliphatic rings. The Bertz CT molecular complexity index is 504. The molecule has 116 valence electrons. The first-order chi connectivity index (χ1) is 10.2. The molecule has 0 bridgehead atoms. The molecule has 3 rings (SSSR count). The second kappa shape index (κ2) is 6.11. The number of cyclic esters (lactones) is 1. The molecule has 0 unspecified atom stereocenters. The van der Waals surface area contributed by atoms with E-state index in [-0.39, 0.29) is 12.0 Å². The van der Waals surface area contributed by atoms with Crippen molar-refractivity contribution in [3.8, 4) is 0 Å². The third-order valence-corrected chi connectivity index (χ3v) is 4.37. The first-order valence-electron chi connectivity index (χ1n) is 7.59. The van der Waals surface area contributed by atoms with Crippen LogP contribution in [0.15, 0.2) is 4.52 Å². The molecular formula is C14H22N4O3. The Balaban J connectivity index is 1.54. The van der Waals surface area contributed by atoms with Crippen LogP contribution in [0.2, 0.25) is 0 Å². The Kier molecular flexibility index (Phi) is 4.21. The quantitative estimate of drug-likeness (QED) is 0.730. The van der Waals surface area contributed by atoms with Gasteiger partial charge in [-0.25, -0.2) is 0 Å². The number of nitrogens with zero attached hydrogens (tertiary/aromatic N) is 4. The van der Waals surface area contributed by atoms with Crippen molar-refractivity contribution >= 4 is 5.97 Å². The van der Waals surface area contributed by atoms with Gasteiger partial charge in [0, 0.05) is 32.0 Å². The van der Waals surface area contributed by atoms with Crippen molar-refractivity contribution in [3.05, 3.63) is 11.7 Å². The van der Waals surface area contributed by atoms with Crippen molar-refractivity contribution in [2.75, 3.05) is 26.7 Å². The highest BCUT2D eigenvalue weighted by atomic mass is 16.5. The van der Waals surface area contributed by atoms with E-state index in [0.29, 0.717) is 25.1 Å². The van der Waals surface area contributed by atoms with Crippen molar-refractivity contribution < 1.29 is 14.1 Å². The highest BCUT2D eigenvalue weighted by Gasteiger charge is 2.37. The maximum Gasteiger partial charge on any atom is 0.323 e. The van der Waals surface area contributed by atoms with E-state index in [1.54, 1.807) is 0 Å². The summed E-state index contributed by atoms with van der Waals surface area (Å²) in [7, 11) is 2.07. The summed E-state index contributed by atoms with van der Waals surface area (Å²) >= 11 is 0. The van der Waals surface area contributed by atoms with Gasteiger partial charge >= 0.3 is 5.97 Å². The molecule has 0 aliphatic carbocycles. The van der Waals surface area contributed by atoms with E-state index >= 15 is 0 Å². The van der Waals surface area contributed by atoms with Crippen LogP contribution in [0.3, 0.4) is 0 Å². The molecule has 0 amide bonds. The van der Waals surface area contributed by atoms with Crippen LogP contribution in [0.5, 0.6) is 0 Å². The average Bonchev–Trinajstić information content (AvgIpc) is 3.17. The van der Waals surface area contributed by atoms with Gasteiger partial charge in [-0.2, -0.15) is 4.98 Å². The van der Waals surface area contributed by atoms with Gasteiger partial charge in [0.25, 0.3) is 0 Å². The monoisotopic (exact) mass is 294 g/mol. The van der Waals surface area contributed by atoms with Gasteiger partial charge in [0.05, 0.1) is 13.2 Å². The summed E-state index contributed by atoms with van der Waals surface area (Å²) in [6.07, 6.45) is 2.64. The summed E-state index contributed by atoms with van der Waals surface area (Å²) < 4.78 is 10.2. The van der Waals surface area contributed by atoms with E-state index in [0.717, 1.165) is 38.2 Å². The number of carbonyl (C=O) groups excluding carboxylic acids is 1. The molecule has 3 heterocycles. The lowest BCUT2D eigenvalue weighted by atomic mass is 10.2. The maximum absolute atomic E-state index is 11.7. The largest absolute Gasteiger partial charge is 0.464 e. The van der Waals surface area contributed by atoms with Gasteiger partial charge in [0.1, 0.15) is 6.04 Å². The SMILES string of the molecule is CCc1nc(CN(C)[C@@H]2CCN([C@H]3CCOC3=O)C2)no1. The number of carbonyl (C=O) groups is 1. The van der Waals surface area contributed by atoms with E-state index < -0.39 is 0 Å². The predicted octanol–water partition coefficient (Wildman–Crippen LogP) is 0.454. The zero-order valence-corrected chi connectivity index (χ0v) is 12.6. The number of likely N-dealkylation sites (N-methyl/N-ethyl adjacent to an activating group) is 1. The molecule has 2 fully saturated rings. The fourth-order valence-electron chi connectivity index (χ4n) is 3.08. The van der Waals surface area contributed by atoms with Gasteiger partial charge < -0.3 is 9.26 Å². The number of aromatic nitrogens is 2. The van der Waals surface area contributed by atoms with Crippen LogP contribution in [-0.2, 0) is 22.5 Å². The lowest BCUT2D eigenvalue weighted by molar-refractivity contribution is -0.142. The second-order valence-corrected chi connectivity index (χ2v) is 5.78. The van der Waals surface area contributed by atoms with Crippen molar-refractivity contribution in [3.63, 3.8) is 0 Å². The summed E-state index contributed by atoms with van der Waals surface area (Å²) in [4.78, 5) is 20.5. The fraction of sp³-hybridized carbons (Fsp3) is 0.786. The van der Waals surface area contributed by atoms with Crippen LogP contribution >= 0.6 is 0 Å². The van der Waals surface area contributed by atoms with Crippen LogP contribution in [0.1, 0.15) is 31.5 Å². The van der Waals surface area contributed by atoms with Crippen LogP contribution in [-0.4, -0.2) is 64.7 Å². The Morgan fingerprint density at radius 1 is 1.43 bits per heavy atom. The molecule has 1 aromatic heterocycles. The molecule has 0 N–H and O–H groups in total. The number of hydrogen-bond acceptors (Lipinski definition) is 7. The number of hydrogen-bond donors (Lipinski definition) is 0. The molecule has 1 aromatic rings. The van der Waals surface area contributed by atoms with Gasteiger partial charge in [-0.05, 0) is 13.5 Å². The van der Waals surface area contributed by atoms with E-state index in [4.69, 9.17) is 9.26 Å². The molecular weight excluding hydrogens is 272 g/mol. The number of likely N-dealkylation sites (tertiary alicyclic amines) is 1. The van der Waals surface area contributed by atoms with Crippen LogP contribution in [0.4, 0.5) is 0 Å². The molecule has 7 nitrogen and oxygen atoms in total. The van der Waals surface area contributed by atoms with Gasteiger partial charge in [0.2, 0.25) is 5.89 Å². The first kappa shape index (κ1) is 14.5. The van der Waals surface area contributed by atoms with Gasteiger partial charge in [-0.3, -0.25) is 14.6 Å². The van der Waals surface area contributed by atoms with E-state index in [2.05, 4.69) is 27.0 Å². The smallest absolute Gasteiger partial charge is 0.323 e. The summed E-state index contributed by atoms with van der Waals surface area (Å²) in [5.41, 5.74) is 0. The summed E-state index contributed by atoms with van der Waals surface area (Å²) in [6.45, 7) is 5.08. The van der Waals surface area contributed by atoms with Crippen molar-refractivity contribution in [2.45, 2.75) is 44.8 Å². The lowest BCUT2D eigenvalue weighted by Gasteiger charge is -2.24. The number of ether oxygens (including phenoxy) is 1. The normalized spacial score (nSPS) is 26.7. The minimum atomic E-state index is -0.0657. The fourth-order valence-corrected chi connectivity index (χ4v) is 3.08. The standard InChI is InChI=1S/C14H22N4O3/c1-3-13-15-12(16-21-13)9-17(2)10-4-6-18(8-10)11-5-7-20-14(11)19/h10-11H,3-9H2,1-2H3/t10-,11+/m1/s1. The van der Waals surface area contributed by atoms with Gasteiger partial charge in [0.15, 0.2) is 5.82 Å². The summed E-state index contributed by atoms with van der Waals surface area (Å²) in [5.74, 6) is 1.34. The summed E-state index contributed by atoms with van der Waals surface area (Å²) in [5, 5.41) is 3.99. The van der Waals surface area contributed by atoms with E-state index in [1.165, 1.54) is 0 Å². The third kappa shape index (κ3) is 3.08. The summed E-state index contributed by atoms with van der Waals surface area (Å²) in [6, 6.07) is 0.377. The van der Waals surface area contributed by atoms with Crippen molar-refractivity contribution in [1.29, 1.82) is 0 Å². The van der Waals surface area contributed by atoms with E-state index in [9.17, 15) is 4.79 Å². The molecule has 2 atom stereocenters. The Morgan fingerprint density at radius 2 is 2.29 bits per heavy atom. The topological polar surface area (TPSA) is 71.7 Å². The van der Waals surface area contributed by atoms with Crippen LogP contribution in [0, 0.1) is 0 Å². The lowest BCUT2D eigenvalue weighted by Crippen LogP contribution is -2.40. The third-order valence-electron chi connectivity index (χ3n) is 4.37. The van der Waals surface area contributed by atoms with E-state index in [1.807, 2.05) is 6.92 Å². The highest BCUT2D eigenvalue weighted by molar-refractivity contribution is 5.77. The molecule has 2 aliphatic heterocycles. The Hall–Kier alpha value is -1.47. The molecule has 0 saturated carbocycles. The molecule has 0 radical (unpaired) electrons. The minimum Gasteiger partial charge on any atom is -0.464 e. The minimum absolute atomic E-state index is 0.0414. The van der Waals surface area contributed by atoms with Gasteiger partial charge in [-0.1, -0.05) is 12.1 Å². The van der Waals surface area contributed by atoms with Crippen molar-refractivity contribution in [1.82, 2.24) is 19.9 Å². The zero-order chi connectivity index (χ0) is 14.8.